The highest BCUT2D eigenvalue weighted by Gasteiger charge is 2.03. The van der Waals surface area contributed by atoms with Gasteiger partial charge in [0.15, 0.2) is 5.96 Å². The predicted octanol–water partition coefficient (Wildman–Crippen LogP) is 1.32. The highest BCUT2D eigenvalue weighted by molar-refractivity contribution is 6.35. The number of rotatable bonds is 7. The van der Waals surface area contributed by atoms with E-state index in [0.29, 0.717) is 48.2 Å². The van der Waals surface area contributed by atoms with Crippen LogP contribution in [0.3, 0.4) is 0 Å². The van der Waals surface area contributed by atoms with Crippen molar-refractivity contribution in [2.45, 2.75) is 0 Å². The summed E-state index contributed by atoms with van der Waals surface area (Å²) in [5.41, 5.74) is 5.61. The van der Waals surface area contributed by atoms with E-state index in [9.17, 15) is 0 Å². The molecule has 0 atom stereocenters. The molecular weight excluding hydrogens is 291 g/mol. The Balaban J connectivity index is 2.25. The molecule has 0 bridgehead atoms. The van der Waals surface area contributed by atoms with Gasteiger partial charge < -0.3 is 20.5 Å². The van der Waals surface area contributed by atoms with Gasteiger partial charge in [-0.05, 0) is 6.07 Å². The molecule has 0 radical (unpaired) electrons. The van der Waals surface area contributed by atoms with Crippen LogP contribution >= 0.6 is 23.2 Å². The summed E-state index contributed by atoms with van der Waals surface area (Å²) < 4.78 is 10.2. The van der Waals surface area contributed by atoms with Gasteiger partial charge in [0.05, 0.1) is 24.7 Å². The number of pyridine rings is 1. The first kappa shape index (κ1) is 15.8. The number of nitrogens with zero attached hydrogens (tertiary/aromatic N) is 2. The Morgan fingerprint density at radius 1 is 1.47 bits per heavy atom. The summed E-state index contributed by atoms with van der Waals surface area (Å²) in [6.07, 6.45) is 1.47. The van der Waals surface area contributed by atoms with Gasteiger partial charge in [-0.1, -0.05) is 23.2 Å². The maximum Gasteiger partial charge on any atom is 0.232 e. The molecule has 106 valence electrons. The molecule has 0 aliphatic carbocycles. The lowest BCUT2D eigenvalue weighted by molar-refractivity contribution is 0.208. The van der Waals surface area contributed by atoms with Gasteiger partial charge >= 0.3 is 0 Å². The van der Waals surface area contributed by atoms with Crippen LogP contribution in [0.25, 0.3) is 0 Å². The molecule has 0 saturated carbocycles. The van der Waals surface area contributed by atoms with Crippen LogP contribution in [0.1, 0.15) is 0 Å². The summed E-state index contributed by atoms with van der Waals surface area (Å²) in [6, 6.07) is 1.57. The van der Waals surface area contributed by atoms with Crippen molar-refractivity contribution < 1.29 is 9.47 Å². The number of nitrogens with two attached hydrogens (primary N) is 1. The maximum atomic E-state index is 5.90. The Morgan fingerprint density at radius 3 is 2.95 bits per heavy atom. The van der Waals surface area contributed by atoms with E-state index >= 15 is 0 Å². The Morgan fingerprint density at radius 2 is 2.26 bits per heavy atom. The minimum absolute atomic E-state index is 0.336. The fourth-order valence-corrected chi connectivity index (χ4v) is 1.58. The highest BCUT2D eigenvalue weighted by Crippen LogP contribution is 2.24. The van der Waals surface area contributed by atoms with Gasteiger partial charge in [0, 0.05) is 13.3 Å². The summed E-state index contributed by atoms with van der Waals surface area (Å²) in [5.74, 6) is 0.679. The molecule has 0 aliphatic rings. The van der Waals surface area contributed by atoms with E-state index in [-0.39, 0.29) is 0 Å². The van der Waals surface area contributed by atoms with E-state index in [4.69, 9.17) is 38.4 Å². The first-order valence-electron chi connectivity index (χ1n) is 5.60. The molecule has 0 fully saturated rings. The average molecular weight is 307 g/mol. The third-order valence-corrected chi connectivity index (χ3v) is 2.48. The van der Waals surface area contributed by atoms with Gasteiger partial charge in [-0.15, -0.1) is 0 Å². The molecule has 1 aromatic heterocycles. The molecule has 0 aromatic carbocycles. The quantitative estimate of drug-likeness (QED) is 0.451. The number of nitrogens with one attached hydrogen (secondary N) is 1. The molecule has 1 rings (SSSR count). The Bertz CT molecular complexity index is 429. The molecule has 0 saturated heterocycles. The van der Waals surface area contributed by atoms with Gasteiger partial charge in [0.25, 0.3) is 0 Å². The molecule has 19 heavy (non-hydrogen) atoms. The largest absolute Gasteiger partial charge is 0.475 e. The lowest BCUT2D eigenvalue weighted by Gasteiger charge is -2.08. The van der Waals surface area contributed by atoms with Crippen molar-refractivity contribution in [1.29, 1.82) is 0 Å². The number of aliphatic imine (C=N–C) groups is 1. The van der Waals surface area contributed by atoms with E-state index in [1.54, 1.807) is 13.2 Å². The summed E-state index contributed by atoms with van der Waals surface area (Å²) in [7, 11) is 1.61. The van der Waals surface area contributed by atoms with Crippen molar-refractivity contribution in [2.75, 3.05) is 33.4 Å². The van der Waals surface area contributed by atoms with E-state index in [1.165, 1.54) is 6.20 Å². The molecule has 6 nitrogen and oxygen atoms in total. The zero-order valence-corrected chi connectivity index (χ0v) is 12.0. The number of guanidine groups is 1. The third kappa shape index (κ3) is 6.47. The first-order valence-corrected chi connectivity index (χ1v) is 6.35. The van der Waals surface area contributed by atoms with E-state index < -0.39 is 0 Å². The zero-order valence-electron chi connectivity index (χ0n) is 10.5. The second-order valence-corrected chi connectivity index (χ2v) is 4.32. The second-order valence-electron chi connectivity index (χ2n) is 3.48. The summed E-state index contributed by atoms with van der Waals surface area (Å²) >= 11 is 11.6. The van der Waals surface area contributed by atoms with Gasteiger partial charge in [-0.2, -0.15) is 0 Å². The number of hydrogen-bond acceptors (Lipinski definition) is 4. The molecule has 3 N–H and O–H groups in total. The molecular formula is C11H16Cl2N4O2. The van der Waals surface area contributed by atoms with Crippen molar-refractivity contribution >= 4 is 29.2 Å². The van der Waals surface area contributed by atoms with Crippen LogP contribution in [-0.2, 0) is 4.74 Å². The van der Waals surface area contributed by atoms with E-state index in [0.717, 1.165) is 0 Å². The molecule has 1 aromatic rings. The SMILES string of the molecule is COCCN=C(N)NCCOc1ncc(Cl)cc1Cl. The lowest BCUT2D eigenvalue weighted by Crippen LogP contribution is -2.35. The van der Waals surface area contributed by atoms with Gasteiger partial charge in [-0.3, -0.25) is 4.99 Å². The molecule has 0 amide bonds. The van der Waals surface area contributed by atoms with Crippen LogP contribution in [0.15, 0.2) is 17.3 Å². The van der Waals surface area contributed by atoms with Gasteiger partial charge in [-0.25, -0.2) is 4.98 Å². The van der Waals surface area contributed by atoms with Crippen molar-refractivity contribution in [3.8, 4) is 5.88 Å². The highest BCUT2D eigenvalue weighted by atomic mass is 35.5. The van der Waals surface area contributed by atoms with Crippen molar-refractivity contribution in [3.05, 3.63) is 22.3 Å². The van der Waals surface area contributed by atoms with Crippen LogP contribution in [0.4, 0.5) is 0 Å². The van der Waals surface area contributed by atoms with Crippen molar-refractivity contribution in [1.82, 2.24) is 10.3 Å². The predicted molar refractivity (Wildman–Crippen MR) is 76.1 cm³/mol. The van der Waals surface area contributed by atoms with Gasteiger partial charge in [0.1, 0.15) is 11.6 Å². The lowest BCUT2D eigenvalue weighted by atomic mass is 10.5. The monoisotopic (exact) mass is 306 g/mol. The van der Waals surface area contributed by atoms with Crippen molar-refractivity contribution in [2.24, 2.45) is 10.7 Å². The number of methoxy groups -OCH3 is 1. The normalized spacial score (nSPS) is 11.4. The Labute approximate surface area is 121 Å². The summed E-state index contributed by atoms with van der Waals surface area (Å²) in [6.45, 7) is 1.89. The minimum Gasteiger partial charge on any atom is -0.475 e. The Hall–Kier alpha value is -1.24. The van der Waals surface area contributed by atoms with Crippen LogP contribution in [0.5, 0.6) is 5.88 Å². The smallest absolute Gasteiger partial charge is 0.232 e. The van der Waals surface area contributed by atoms with Crippen LogP contribution in [0, 0.1) is 0 Å². The standard InChI is InChI=1S/C11H16Cl2N4O2/c1-18-4-2-15-11(14)16-3-5-19-10-9(13)6-8(12)7-17-10/h6-7H,2-5H2,1H3,(H3,14,15,16). The number of ether oxygens (including phenoxy) is 2. The molecule has 0 spiro atoms. The minimum atomic E-state index is 0.336. The number of aromatic nitrogens is 1. The summed E-state index contributed by atoms with van der Waals surface area (Å²) in [4.78, 5) is 7.99. The van der Waals surface area contributed by atoms with E-state index in [1.807, 2.05) is 0 Å². The van der Waals surface area contributed by atoms with E-state index in [2.05, 4.69) is 15.3 Å². The van der Waals surface area contributed by atoms with Crippen LogP contribution in [-0.4, -0.2) is 44.4 Å². The number of halogens is 2. The Kier molecular flexibility index (Phi) is 7.32. The molecule has 8 heteroatoms. The van der Waals surface area contributed by atoms with Gasteiger partial charge in [0.2, 0.25) is 5.88 Å². The fraction of sp³-hybridized carbons (Fsp3) is 0.455. The van der Waals surface area contributed by atoms with Crippen molar-refractivity contribution in [3.63, 3.8) is 0 Å². The van der Waals surface area contributed by atoms with Crippen LogP contribution < -0.4 is 15.8 Å². The number of hydrogen-bond donors (Lipinski definition) is 2. The topological polar surface area (TPSA) is 81.8 Å². The molecule has 1 heterocycles. The maximum absolute atomic E-state index is 5.90. The summed E-state index contributed by atoms with van der Waals surface area (Å²) in [5, 5.41) is 3.73. The first-order chi connectivity index (χ1) is 9.13. The molecule has 0 aliphatic heterocycles. The second kappa shape index (κ2) is 8.79. The van der Waals surface area contributed by atoms with Crippen LogP contribution in [0.2, 0.25) is 10.0 Å². The zero-order chi connectivity index (χ0) is 14.1. The fourth-order valence-electron chi connectivity index (χ4n) is 1.15. The third-order valence-electron chi connectivity index (χ3n) is 2.00. The average Bonchev–Trinajstić information content (AvgIpc) is 2.37. The molecule has 0 unspecified atom stereocenters.